The number of hydrogen-bond donors (Lipinski definition) is 2. The Morgan fingerprint density at radius 1 is 1.40 bits per heavy atom. The molecule has 20 heavy (non-hydrogen) atoms. The highest BCUT2D eigenvalue weighted by molar-refractivity contribution is 7.11. The van der Waals surface area contributed by atoms with E-state index in [9.17, 15) is 4.79 Å². The monoisotopic (exact) mass is 310 g/mol. The van der Waals surface area contributed by atoms with Crippen LogP contribution in [0, 0.1) is 0 Å². The predicted octanol–water partition coefficient (Wildman–Crippen LogP) is 2.73. The van der Waals surface area contributed by atoms with Gasteiger partial charge >= 0.3 is 0 Å². The number of aryl methyl sites for hydroxylation is 1. The van der Waals surface area contributed by atoms with Crippen LogP contribution >= 0.6 is 22.9 Å². The van der Waals surface area contributed by atoms with Gasteiger partial charge < -0.3 is 10.6 Å². The molecular weight excluding hydrogens is 296 g/mol. The number of thiazole rings is 1. The molecule has 7 heteroatoms. The lowest BCUT2D eigenvalue weighted by molar-refractivity contribution is 0.0951. The van der Waals surface area contributed by atoms with E-state index in [-0.39, 0.29) is 5.91 Å². The van der Waals surface area contributed by atoms with Gasteiger partial charge in [0.2, 0.25) is 0 Å². The molecule has 0 aliphatic rings. The van der Waals surface area contributed by atoms with Gasteiger partial charge in [-0.1, -0.05) is 18.5 Å². The minimum atomic E-state index is -0.234. The van der Waals surface area contributed by atoms with E-state index in [0.717, 1.165) is 11.4 Å². The third kappa shape index (κ3) is 3.46. The van der Waals surface area contributed by atoms with Crippen molar-refractivity contribution in [1.29, 1.82) is 0 Å². The Balaban J connectivity index is 2.04. The second kappa shape index (κ2) is 6.67. The van der Waals surface area contributed by atoms with Gasteiger partial charge in [-0.05, 0) is 12.5 Å². The van der Waals surface area contributed by atoms with E-state index in [2.05, 4.69) is 27.5 Å². The summed E-state index contributed by atoms with van der Waals surface area (Å²) in [5.74, 6) is 0.365. The van der Waals surface area contributed by atoms with Crippen LogP contribution in [0.5, 0.6) is 0 Å². The standard InChI is InChI=1S/C13H15ClN4OS/c1-3-8-5-17-12(20-8)7-18-13(19)9-4-11(15-2)16-6-10(9)14/h4-6H,3,7H2,1-2H3,(H,15,16)(H,18,19). The number of aromatic nitrogens is 2. The summed E-state index contributed by atoms with van der Waals surface area (Å²) in [4.78, 5) is 21.6. The highest BCUT2D eigenvalue weighted by Gasteiger charge is 2.12. The first kappa shape index (κ1) is 14.7. The molecule has 2 aromatic heterocycles. The molecule has 0 saturated heterocycles. The third-order valence-corrected chi connectivity index (χ3v) is 4.15. The van der Waals surface area contributed by atoms with Crippen molar-refractivity contribution in [3.8, 4) is 0 Å². The van der Waals surface area contributed by atoms with Gasteiger partial charge in [0.1, 0.15) is 10.8 Å². The number of pyridine rings is 1. The molecule has 0 spiro atoms. The molecule has 2 aromatic rings. The first-order valence-corrected chi connectivity index (χ1v) is 7.38. The Morgan fingerprint density at radius 3 is 2.85 bits per heavy atom. The topological polar surface area (TPSA) is 66.9 Å². The van der Waals surface area contributed by atoms with Crippen LogP contribution in [0.1, 0.15) is 27.2 Å². The van der Waals surface area contributed by atoms with Crippen LogP contribution in [0.25, 0.3) is 0 Å². The maximum atomic E-state index is 12.1. The molecule has 0 radical (unpaired) electrons. The van der Waals surface area contributed by atoms with Crippen molar-refractivity contribution < 1.29 is 4.79 Å². The van der Waals surface area contributed by atoms with E-state index < -0.39 is 0 Å². The minimum absolute atomic E-state index is 0.234. The molecule has 0 saturated carbocycles. The van der Waals surface area contributed by atoms with E-state index >= 15 is 0 Å². The molecule has 0 aliphatic carbocycles. The minimum Gasteiger partial charge on any atom is -0.373 e. The Bertz CT molecular complexity index is 614. The first-order chi connectivity index (χ1) is 9.63. The zero-order chi connectivity index (χ0) is 14.5. The van der Waals surface area contributed by atoms with Crippen molar-refractivity contribution in [3.63, 3.8) is 0 Å². The fraction of sp³-hybridized carbons (Fsp3) is 0.308. The van der Waals surface area contributed by atoms with Crippen molar-refractivity contribution in [3.05, 3.63) is 38.9 Å². The van der Waals surface area contributed by atoms with Gasteiger partial charge in [-0.15, -0.1) is 11.3 Å². The van der Waals surface area contributed by atoms with Crippen LogP contribution in [0.3, 0.4) is 0 Å². The van der Waals surface area contributed by atoms with E-state index in [1.54, 1.807) is 24.5 Å². The molecule has 0 unspecified atom stereocenters. The zero-order valence-electron chi connectivity index (χ0n) is 11.2. The highest BCUT2D eigenvalue weighted by Crippen LogP contribution is 2.18. The maximum absolute atomic E-state index is 12.1. The summed E-state index contributed by atoms with van der Waals surface area (Å²) in [6.07, 6.45) is 4.25. The molecule has 0 fully saturated rings. The van der Waals surface area contributed by atoms with Crippen molar-refractivity contribution in [2.24, 2.45) is 0 Å². The molecule has 2 heterocycles. The van der Waals surface area contributed by atoms with Crippen LogP contribution in [0.15, 0.2) is 18.5 Å². The predicted molar refractivity (Wildman–Crippen MR) is 81.5 cm³/mol. The van der Waals surface area contributed by atoms with Gasteiger partial charge in [0, 0.05) is 24.3 Å². The number of carbonyl (C=O) groups is 1. The lowest BCUT2D eigenvalue weighted by Gasteiger charge is -2.07. The Hall–Kier alpha value is -1.66. The number of amides is 1. The van der Waals surface area contributed by atoms with Crippen LogP contribution < -0.4 is 10.6 Å². The summed E-state index contributed by atoms with van der Waals surface area (Å²) in [7, 11) is 1.74. The Kier molecular flexibility index (Phi) is 4.92. The lowest BCUT2D eigenvalue weighted by Crippen LogP contribution is -2.23. The zero-order valence-corrected chi connectivity index (χ0v) is 12.8. The number of rotatable bonds is 5. The number of halogens is 1. The summed E-state index contributed by atoms with van der Waals surface area (Å²) in [5, 5.41) is 6.90. The van der Waals surface area contributed by atoms with E-state index in [0.29, 0.717) is 22.9 Å². The number of carbonyl (C=O) groups excluding carboxylic acids is 1. The fourth-order valence-corrected chi connectivity index (χ4v) is 2.59. The Labute approximate surface area is 126 Å². The van der Waals surface area contributed by atoms with E-state index in [4.69, 9.17) is 11.6 Å². The summed E-state index contributed by atoms with van der Waals surface area (Å²) in [6.45, 7) is 2.48. The summed E-state index contributed by atoms with van der Waals surface area (Å²) in [6, 6.07) is 1.62. The van der Waals surface area contributed by atoms with Crippen molar-refractivity contribution in [1.82, 2.24) is 15.3 Å². The maximum Gasteiger partial charge on any atom is 0.253 e. The lowest BCUT2D eigenvalue weighted by atomic mass is 10.2. The SMILES string of the molecule is CCc1cnc(CNC(=O)c2cc(NC)ncc2Cl)s1. The van der Waals surface area contributed by atoms with Crippen LogP contribution in [0.4, 0.5) is 5.82 Å². The molecule has 1 amide bonds. The summed E-state index contributed by atoms with van der Waals surface area (Å²) < 4.78 is 0. The number of nitrogens with zero attached hydrogens (tertiary/aromatic N) is 2. The van der Waals surface area contributed by atoms with Crippen LogP contribution in [0.2, 0.25) is 5.02 Å². The third-order valence-electron chi connectivity index (χ3n) is 2.71. The number of hydrogen-bond acceptors (Lipinski definition) is 5. The molecule has 106 valence electrons. The average molecular weight is 311 g/mol. The normalized spacial score (nSPS) is 10.3. The highest BCUT2D eigenvalue weighted by atomic mass is 35.5. The number of anilines is 1. The largest absolute Gasteiger partial charge is 0.373 e. The quantitative estimate of drug-likeness (QED) is 0.891. The average Bonchev–Trinajstić information content (AvgIpc) is 2.93. The second-order valence-electron chi connectivity index (χ2n) is 4.06. The molecule has 0 bridgehead atoms. The van der Waals surface area contributed by atoms with Gasteiger partial charge in [0.25, 0.3) is 5.91 Å². The molecule has 0 aliphatic heterocycles. The van der Waals surface area contributed by atoms with E-state index in [1.807, 2.05) is 6.20 Å². The first-order valence-electron chi connectivity index (χ1n) is 6.19. The molecule has 5 nitrogen and oxygen atoms in total. The Morgan fingerprint density at radius 2 is 2.20 bits per heavy atom. The van der Waals surface area contributed by atoms with Crippen molar-refractivity contribution >= 4 is 34.7 Å². The molecule has 0 aromatic carbocycles. The number of nitrogens with one attached hydrogen (secondary N) is 2. The van der Waals surface area contributed by atoms with Crippen LogP contribution in [-0.4, -0.2) is 22.9 Å². The van der Waals surface area contributed by atoms with Gasteiger partial charge in [-0.2, -0.15) is 0 Å². The van der Waals surface area contributed by atoms with Gasteiger partial charge in [0.05, 0.1) is 17.1 Å². The molecular formula is C13H15ClN4OS. The van der Waals surface area contributed by atoms with Gasteiger partial charge in [-0.3, -0.25) is 4.79 Å². The van der Waals surface area contributed by atoms with Crippen LogP contribution in [-0.2, 0) is 13.0 Å². The van der Waals surface area contributed by atoms with Gasteiger partial charge in [0.15, 0.2) is 0 Å². The van der Waals surface area contributed by atoms with E-state index in [1.165, 1.54) is 11.1 Å². The smallest absolute Gasteiger partial charge is 0.253 e. The summed E-state index contributed by atoms with van der Waals surface area (Å²) in [5.41, 5.74) is 0.401. The fourth-order valence-electron chi connectivity index (χ4n) is 1.59. The molecule has 2 rings (SSSR count). The molecule has 2 N–H and O–H groups in total. The van der Waals surface area contributed by atoms with Gasteiger partial charge in [-0.25, -0.2) is 9.97 Å². The summed E-state index contributed by atoms with van der Waals surface area (Å²) >= 11 is 7.59. The van der Waals surface area contributed by atoms with Crippen molar-refractivity contribution in [2.45, 2.75) is 19.9 Å². The molecule has 0 atom stereocenters. The second-order valence-corrected chi connectivity index (χ2v) is 5.66. The van der Waals surface area contributed by atoms with Crippen molar-refractivity contribution in [2.75, 3.05) is 12.4 Å².